The first kappa shape index (κ1) is 14.5. The molecular weight excluding hydrogens is 249 g/mol. The van der Waals surface area contributed by atoms with Crippen molar-refractivity contribution in [1.82, 2.24) is 0 Å². The van der Waals surface area contributed by atoms with Gasteiger partial charge in [-0.1, -0.05) is 5.92 Å². The molecule has 0 aromatic heterocycles. The van der Waals surface area contributed by atoms with E-state index in [1.807, 2.05) is 6.07 Å². The van der Waals surface area contributed by atoms with E-state index in [2.05, 4.69) is 11.6 Å². The van der Waals surface area contributed by atoms with Crippen molar-refractivity contribution in [2.75, 3.05) is 13.2 Å². The summed E-state index contributed by atoms with van der Waals surface area (Å²) in [4.78, 5) is 0. The zero-order valence-electron chi connectivity index (χ0n) is 10.3. The number of nitrogens with zero attached hydrogens (tertiary/aromatic N) is 1. The molecule has 0 saturated heterocycles. The van der Waals surface area contributed by atoms with E-state index < -0.39 is 7.60 Å². The lowest BCUT2D eigenvalue weighted by Gasteiger charge is -2.09. The maximum atomic E-state index is 12.0. The molecule has 1 aromatic carbocycles. The van der Waals surface area contributed by atoms with Crippen LogP contribution in [0.5, 0.6) is 0 Å². The van der Waals surface area contributed by atoms with Crippen LogP contribution >= 0.6 is 7.60 Å². The molecule has 0 saturated carbocycles. The molecule has 0 bridgehead atoms. The van der Waals surface area contributed by atoms with Crippen molar-refractivity contribution in [1.29, 1.82) is 5.26 Å². The Hall–Kier alpha value is -1.58. The fourth-order valence-electron chi connectivity index (χ4n) is 1.20. The molecule has 0 amide bonds. The fourth-order valence-corrected chi connectivity index (χ4v) is 2.35. The predicted molar refractivity (Wildman–Crippen MR) is 68.9 cm³/mol. The van der Waals surface area contributed by atoms with Gasteiger partial charge in [-0.05, 0) is 38.1 Å². The third-order valence-electron chi connectivity index (χ3n) is 1.95. The minimum atomic E-state index is -3.33. The molecule has 0 fully saturated rings. The molecule has 0 aliphatic carbocycles. The van der Waals surface area contributed by atoms with Crippen molar-refractivity contribution in [3.05, 3.63) is 35.4 Å². The second-order valence-electron chi connectivity index (χ2n) is 3.26. The van der Waals surface area contributed by atoms with Gasteiger partial charge in [-0.15, -0.1) is 0 Å². The first-order chi connectivity index (χ1) is 8.63. The van der Waals surface area contributed by atoms with Gasteiger partial charge < -0.3 is 0 Å². The van der Waals surface area contributed by atoms with Gasteiger partial charge in [0, 0.05) is 11.2 Å². The number of nitriles is 1. The van der Waals surface area contributed by atoms with Crippen molar-refractivity contribution in [3.8, 4) is 17.7 Å². The molecule has 0 aliphatic heterocycles. The van der Waals surface area contributed by atoms with Gasteiger partial charge in [0.1, 0.15) is 0 Å². The molecule has 4 nitrogen and oxygen atoms in total. The third-order valence-corrected chi connectivity index (χ3v) is 3.53. The molecule has 1 aromatic rings. The SMILES string of the molecule is CCOP(=O)(C#Cc1ccc(C#N)cc1)OCC. The standard InChI is InChI=1S/C13H14NO3P/c1-3-16-18(15,17-4-2)10-9-12-5-7-13(11-14)8-6-12/h5-8H,3-4H2,1-2H3. The van der Waals surface area contributed by atoms with Crippen LogP contribution in [-0.2, 0) is 13.6 Å². The highest BCUT2D eigenvalue weighted by atomic mass is 31.2. The van der Waals surface area contributed by atoms with Gasteiger partial charge in [0.05, 0.1) is 24.8 Å². The van der Waals surface area contributed by atoms with Gasteiger partial charge >= 0.3 is 7.60 Å². The summed E-state index contributed by atoms with van der Waals surface area (Å²) in [5.41, 5.74) is 3.74. The van der Waals surface area contributed by atoms with Crippen molar-refractivity contribution in [3.63, 3.8) is 0 Å². The molecule has 94 valence electrons. The van der Waals surface area contributed by atoms with E-state index in [-0.39, 0.29) is 13.2 Å². The first-order valence-electron chi connectivity index (χ1n) is 5.56. The Morgan fingerprint density at radius 1 is 1.11 bits per heavy atom. The third kappa shape index (κ3) is 4.35. The van der Waals surface area contributed by atoms with E-state index in [0.29, 0.717) is 11.1 Å². The van der Waals surface area contributed by atoms with Crippen molar-refractivity contribution in [2.24, 2.45) is 0 Å². The molecule has 0 unspecified atom stereocenters. The number of benzene rings is 1. The van der Waals surface area contributed by atoms with Crippen LogP contribution in [0, 0.1) is 22.9 Å². The molecule has 0 N–H and O–H groups in total. The molecule has 1 rings (SSSR count). The molecule has 0 spiro atoms. The lowest BCUT2D eigenvalue weighted by Crippen LogP contribution is -1.93. The van der Waals surface area contributed by atoms with E-state index in [1.54, 1.807) is 38.1 Å². The molecule has 0 atom stereocenters. The van der Waals surface area contributed by atoms with Gasteiger partial charge in [0.25, 0.3) is 0 Å². The highest BCUT2D eigenvalue weighted by molar-refractivity contribution is 7.59. The Labute approximate surface area is 107 Å². The molecule has 18 heavy (non-hydrogen) atoms. The Bertz CT molecular complexity index is 524. The van der Waals surface area contributed by atoms with Gasteiger partial charge in [0.2, 0.25) is 0 Å². The van der Waals surface area contributed by atoms with Gasteiger partial charge in [-0.3, -0.25) is 9.05 Å². The first-order valence-corrected chi connectivity index (χ1v) is 7.10. The van der Waals surface area contributed by atoms with Crippen LogP contribution < -0.4 is 0 Å². The number of hydrogen-bond acceptors (Lipinski definition) is 4. The van der Waals surface area contributed by atoms with E-state index in [9.17, 15) is 4.57 Å². The molecular formula is C13H14NO3P. The lowest BCUT2D eigenvalue weighted by molar-refractivity contribution is 0.230. The van der Waals surface area contributed by atoms with Crippen molar-refractivity contribution >= 4 is 7.60 Å². The van der Waals surface area contributed by atoms with Gasteiger partial charge in [-0.25, -0.2) is 4.57 Å². The summed E-state index contributed by atoms with van der Waals surface area (Å²) < 4.78 is 22.1. The van der Waals surface area contributed by atoms with E-state index in [0.717, 1.165) is 0 Å². The second kappa shape index (κ2) is 6.99. The Kier molecular flexibility index (Phi) is 5.62. The van der Waals surface area contributed by atoms with Gasteiger partial charge in [-0.2, -0.15) is 5.26 Å². The topological polar surface area (TPSA) is 59.3 Å². The average molecular weight is 263 g/mol. The molecule has 5 heteroatoms. The minimum Gasteiger partial charge on any atom is -0.300 e. The summed E-state index contributed by atoms with van der Waals surface area (Å²) in [7, 11) is -3.33. The van der Waals surface area contributed by atoms with Crippen LogP contribution in [0.2, 0.25) is 0 Å². The largest absolute Gasteiger partial charge is 0.405 e. The van der Waals surface area contributed by atoms with Crippen LogP contribution in [0.3, 0.4) is 0 Å². The Balaban J connectivity index is 2.90. The van der Waals surface area contributed by atoms with E-state index >= 15 is 0 Å². The maximum absolute atomic E-state index is 12.0. The zero-order valence-corrected chi connectivity index (χ0v) is 11.2. The van der Waals surface area contributed by atoms with Crippen LogP contribution in [0.1, 0.15) is 25.0 Å². The lowest BCUT2D eigenvalue weighted by atomic mass is 10.2. The summed E-state index contributed by atoms with van der Waals surface area (Å²) in [6, 6.07) is 8.69. The van der Waals surface area contributed by atoms with Crippen molar-refractivity contribution < 1.29 is 13.6 Å². The smallest absolute Gasteiger partial charge is 0.300 e. The summed E-state index contributed by atoms with van der Waals surface area (Å²) in [5, 5.41) is 8.66. The predicted octanol–water partition coefficient (Wildman–Crippen LogP) is 3.13. The Morgan fingerprint density at radius 2 is 1.61 bits per heavy atom. The quantitative estimate of drug-likeness (QED) is 0.618. The fraction of sp³-hybridized carbons (Fsp3) is 0.308. The normalized spacial score (nSPS) is 10.3. The summed E-state index contributed by atoms with van der Waals surface area (Å²) in [6.07, 6.45) is 0. The molecule has 0 heterocycles. The molecule has 0 aliphatic rings. The Morgan fingerprint density at radius 3 is 2.06 bits per heavy atom. The van der Waals surface area contributed by atoms with E-state index in [1.165, 1.54) is 0 Å². The highest BCUT2D eigenvalue weighted by Crippen LogP contribution is 2.46. The van der Waals surface area contributed by atoms with Crippen LogP contribution in [0.4, 0.5) is 0 Å². The van der Waals surface area contributed by atoms with Crippen LogP contribution in [0.15, 0.2) is 24.3 Å². The highest BCUT2D eigenvalue weighted by Gasteiger charge is 2.19. The second-order valence-corrected chi connectivity index (χ2v) is 4.99. The zero-order chi connectivity index (χ0) is 13.4. The summed E-state index contributed by atoms with van der Waals surface area (Å²) in [5.74, 6) is 2.73. The minimum absolute atomic E-state index is 0.277. The maximum Gasteiger partial charge on any atom is 0.405 e. The number of rotatable bonds is 4. The summed E-state index contributed by atoms with van der Waals surface area (Å²) >= 11 is 0. The monoisotopic (exact) mass is 263 g/mol. The van der Waals surface area contributed by atoms with Crippen LogP contribution in [-0.4, -0.2) is 13.2 Å². The summed E-state index contributed by atoms with van der Waals surface area (Å²) in [6.45, 7) is 4.02. The van der Waals surface area contributed by atoms with Gasteiger partial charge in [0.15, 0.2) is 0 Å². The number of hydrogen-bond donors (Lipinski definition) is 0. The van der Waals surface area contributed by atoms with E-state index in [4.69, 9.17) is 14.3 Å². The average Bonchev–Trinajstić information content (AvgIpc) is 2.38. The van der Waals surface area contributed by atoms with Crippen molar-refractivity contribution in [2.45, 2.75) is 13.8 Å². The van der Waals surface area contributed by atoms with Crippen LogP contribution in [0.25, 0.3) is 0 Å². The molecule has 0 radical (unpaired) electrons.